The van der Waals surface area contributed by atoms with Crippen molar-refractivity contribution in [2.75, 3.05) is 7.11 Å². The molecule has 0 aliphatic rings. The monoisotopic (exact) mass is 218 g/mol. The van der Waals surface area contributed by atoms with Crippen LogP contribution < -0.4 is 4.74 Å². The van der Waals surface area contributed by atoms with Crippen LogP contribution in [0.25, 0.3) is 0 Å². The van der Waals surface area contributed by atoms with E-state index in [1.54, 1.807) is 0 Å². The van der Waals surface area contributed by atoms with Crippen LogP contribution in [0.4, 0.5) is 13.2 Å². The molecule has 0 spiro atoms. The quantitative estimate of drug-likeness (QED) is 0.713. The maximum absolute atomic E-state index is 12.5. The van der Waals surface area contributed by atoms with E-state index in [9.17, 15) is 18.0 Å². The zero-order valence-electron chi connectivity index (χ0n) is 8.18. The van der Waals surface area contributed by atoms with Crippen molar-refractivity contribution in [2.24, 2.45) is 0 Å². The summed E-state index contributed by atoms with van der Waals surface area (Å²) in [6.45, 7) is 1.19. The lowest BCUT2D eigenvalue weighted by Crippen LogP contribution is -2.10. The highest BCUT2D eigenvalue weighted by molar-refractivity contribution is 5.97. The third kappa shape index (κ3) is 2.29. The lowest BCUT2D eigenvalue weighted by molar-refractivity contribution is -0.138. The van der Waals surface area contributed by atoms with Crippen molar-refractivity contribution in [3.05, 3.63) is 29.3 Å². The van der Waals surface area contributed by atoms with Crippen LogP contribution in [0.3, 0.4) is 0 Å². The molecule has 1 rings (SSSR count). The molecule has 0 N–H and O–H groups in total. The first-order valence-electron chi connectivity index (χ1n) is 4.13. The second-order valence-electron chi connectivity index (χ2n) is 2.94. The van der Waals surface area contributed by atoms with Crippen LogP contribution in [-0.2, 0) is 6.18 Å². The molecule has 15 heavy (non-hydrogen) atoms. The Morgan fingerprint density at radius 3 is 2.33 bits per heavy atom. The average Bonchev–Trinajstić information content (AvgIpc) is 2.15. The normalized spacial score (nSPS) is 11.3. The molecule has 0 amide bonds. The van der Waals surface area contributed by atoms with Crippen LogP contribution in [0.1, 0.15) is 22.8 Å². The van der Waals surface area contributed by atoms with Gasteiger partial charge < -0.3 is 4.74 Å². The number of hydrogen-bond donors (Lipinski definition) is 0. The first kappa shape index (κ1) is 11.6. The smallest absolute Gasteiger partial charge is 0.419 e. The zero-order valence-corrected chi connectivity index (χ0v) is 8.18. The maximum atomic E-state index is 12.5. The van der Waals surface area contributed by atoms with Crippen molar-refractivity contribution in [3.8, 4) is 5.75 Å². The number of benzene rings is 1. The maximum Gasteiger partial charge on any atom is 0.419 e. The van der Waals surface area contributed by atoms with Crippen LogP contribution in [0.15, 0.2) is 18.2 Å². The van der Waals surface area contributed by atoms with Gasteiger partial charge in [0.2, 0.25) is 0 Å². The van der Waals surface area contributed by atoms with E-state index in [4.69, 9.17) is 0 Å². The fourth-order valence-corrected chi connectivity index (χ4v) is 1.26. The summed E-state index contributed by atoms with van der Waals surface area (Å²) in [5.41, 5.74) is -0.995. The molecular formula is C10H9F3O2. The van der Waals surface area contributed by atoms with E-state index in [-0.39, 0.29) is 5.56 Å². The van der Waals surface area contributed by atoms with Gasteiger partial charge in [0.25, 0.3) is 0 Å². The van der Waals surface area contributed by atoms with Gasteiger partial charge in [-0.3, -0.25) is 4.79 Å². The molecular weight excluding hydrogens is 209 g/mol. The molecule has 1 aromatic carbocycles. The third-order valence-electron chi connectivity index (χ3n) is 1.90. The number of carbonyl (C=O) groups excluding carboxylic acids is 1. The molecule has 0 bridgehead atoms. The molecule has 0 fully saturated rings. The Labute approximate surface area is 84.7 Å². The second-order valence-corrected chi connectivity index (χ2v) is 2.94. The molecule has 0 heterocycles. The van der Waals surface area contributed by atoms with Gasteiger partial charge >= 0.3 is 6.18 Å². The van der Waals surface area contributed by atoms with Gasteiger partial charge in [-0.1, -0.05) is 6.07 Å². The molecule has 1 aromatic rings. The molecule has 82 valence electrons. The average molecular weight is 218 g/mol. The van der Waals surface area contributed by atoms with E-state index in [1.165, 1.54) is 19.1 Å². The Balaban J connectivity index is 3.42. The van der Waals surface area contributed by atoms with Gasteiger partial charge in [-0.05, 0) is 19.1 Å². The first-order valence-corrected chi connectivity index (χ1v) is 4.13. The van der Waals surface area contributed by atoms with Crippen LogP contribution >= 0.6 is 0 Å². The van der Waals surface area contributed by atoms with Gasteiger partial charge in [0.1, 0.15) is 5.75 Å². The minimum absolute atomic E-state index is 0.0627. The molecule has 0 aliphatic carbocycles. The summed E-state index contributed by atoms with van der Waals surface area (Å²) < 4.78 is 42.1. The van der Waals surface area contributed by atoms with Gasteiger partial charge in [-0.25, -0.2) is 0 Å². The molecule has 0 radical (unpaired) electrons. The molecule has 0 atom stereocenters. The van der Waals surface area contributed by atoms with Gasteiger partial charge in [0.05, 0.1) is 18.2 Å². The van der Waals surface area contributed by atoms with Crippen LogP contribution in [-0.4, -0.2) is 12.9 Å². The van der Waals surface area contributed by atoms with Crippen molar-refractivity contribution >= 4 is 5.78 Å². The highest BCUT2D eigenvalue weighted by atomic mass is 19.4. The summed E-state index contributed by atoms with van der Waals surface area (Å²) in [7, 11) is 1.11. The van der Waals surface area contributed by atoms with Crippen molar-refractivity contribution in [1.82, 2.24) is 0 Å². The Bertz CT molecular complexity index is 383. The standard InChI is InChI=1S/C10H9F3O2/c1-6(14)7-4-3-5-8(9(7)15-2)10(11,12)13/h3-5H,1-2H3. The third-order valence-corrected chi connectivity index (χ3v) is 1.90. The Morgan fingerprint density at radius 1 is 1.33 bits per heavy atom. The van der Waals surface area contributed by atoms with Crippen molar-refractivity contribution in [2.45, 2.75) is 13.1 Å². The van der Waals surface area contributed by atoms with E-state index in [0.717, 1.165) is 13.2 Å². The molecule has 0 aromatic heterocycles. The van der Waals surface area contributed by atoms with Crippen LogP contribution in [0.5, 0.6) is 5.75 Å². The summed E-state index contributed by atoms with van der Waals surface area (Å²) in [5.74, 6) is -0.879. The molecule has 0 saturated heterocycles. The number of carbonyl (C=O) groups is 1. The number of halogens is 3. The number of hydrogen-bond acceptors (Lipinski definition) is 2. The van der Waals surface area contributed by atoms with Gasteiger partial charge in [-0.2, -0.15) is 13.2 Å². The minimum Gasteiger partial charge on any atom is -0.495 e. The van der Waals surface area contributed by atoms with E-state index in [0.29, 0.717) is 0 Å². The minimum atomic E-state index is -4.52. The van der Waals surface area contributed by atoms with Crippen LogP contribution in [0, 0.1) is 0 Å². The SMILES string of the molecule is COc1c(C(C)=O)cccc1C(F)(F)F. The molecule has 0 aliphatic heterocycles. The molecule has 2 nitrogen and oxygen atoms in total. The summed E-state index contributed by atoms with van der Waals surface area (Å²) in [4.78, 5) is 11.1. The highest BCUT2D eigenvalue weighted by Gasteiger charge is 2.35. The summed E-state index contributed by atoms with van der Waals surface area (Å²) >= 11 is 0. The fraction of sp³-hybridized carbons (Fsp3) is 0.300. The number of methoxy groups -OCH3 is 1. The largest absolute Gasteiger partial charge is 0.495 e. The molecule has 0 unspecified atom stereocenters. The Kier molecular flexibility index (Phi) is 3.02. The molecule has 0 saturated carbocycles. The number of rotatable bonds is 2. The second kappa shape index (κ2) is 3.92. The highest BCUT2D eigenvalue weighted by Crippen LogP contribution is 2.37. The number of Topliss-reactive ketones (excluding diaryl/α,β-unsaturated/α-hetero) is 1. The van der Waals surface area contributed by atoms with E-state index in [2.05, 4.69) is 4.74 Å². The Morgan fingerprint density at radius 2 is 1.93 bits per heavy atom. The van der Waals surface area contributed by atoms with Crippen molar-refractivity contribution in [1.29, 1.82) is 0 Å². The number of para-hydroxylation sites is 1. The number of ether oxygens (including phenoxy) is 1. The van der Waals surface area contributed by atoms with E-state index in [1.807, 2.05) is 0 Å². The van der Waals surface area contributed by atoms with Gasteiger partial charge in [-0.15, -0.1) is 0 Å². The van der Waals surface area contributed by atoms with Crippen molar-refractivity contribution in [3.63, 3.8) is 0 Å². The van der Waals surface area contributed by atoms with E-state index < -0.39 is 23.3 Å². The van der Waals surface area contributed by atoms with Crippen LogP contribution in [0.2, 0.25) is 0 Å². The number of ketones is 1. The molecule has 5 heteroatoms. The summed E-state index contributed by atoms with van der Waals surface area (Å²) in [6.07, 6.45) is -4.52. The summed E-state index contributed by atoms with van der Waals surface area (Å²) in [5, 5.41) is 0. The van der Waals surface area contributed by atoms with Gasteiger partial charge in [0.15, 0.2) is 5.78 Å². The zero-order chi connectivity index (χ0) is 11.6. The predicted octanol–water partition coefficient (Wildman–Crippen LogP) is 2.92. The lowest BCUT2D eigenvalue weighted by Gasteiger charge is -2.13. The van der Waals surface area contributed by atoms with Gasteiger partial charge in [0, 0.05) is 0 Å². The first-order chi connectivity index (χ1) is 6.88. The lowest BCUT2D eigenvalue weighted by atomic mass is 10.1. The van der Waals surface area contributed by atoms with E-state index >= 15 is 0 Å². The topological polar surface area (TPSA) is 26.3 Å². The predicted molar refractivity (Wildman–Crippen MR) is 48.0 cm³/mol. The Hall–Kier alpha value is -1.52. The van der Waals surface area contributed by atoms with Crippen molar-refractivity contribution < 1.29 is 22.7 Å². The number of alkyl halides is 3. The fourth-order valence-electron chi connectivity index (χ4n) is 1.26. The summed E-state index contributed by atoms with van der Waals surface area (Å²) in [6, 6.07) is 3.36.